The van der Waals surface area contributed by atoms with Gasteiger partial charge in [-0.1, -0.05) is 13.8 Å². The molecule has 0 atom stereocenters. The van der Waals surface area contributed by atoms with Gasteiger partial charge in [-0.05, 0) is 37.1 Å². The van der Waals surface area contributed by atoms with Gasteiger partial charge in [-0.3, -0.25) is 0 Å². The van der Waals surface area contributed by atoms with E-state index in [0.29, 0.717) is 25.1 Å². The molecule has 0 spiro atoms. The molecule has 102 valence electrons. The molecule has 0 amide bonds. The van der Waals surface area contributed by atoms with Crippen molar-refractivity contribution in [3.05, 3.63) is 29.8 Å². The smallest absolute Gasteiger partial charge is 0.388 e. The molecule has 0 saturated heterocycles. The lowest BCUT2D eigenvalue weighted by Crippen LogP contribution is -2.35. The molecule has 0 saturated carbocycles. The van der Waals surface area contributed by atoms with E-state index in [2.05, 4.69) is 5.32 Å². The predicted octanol–water partition coefficient (Wildman–Crippen LogP) is 3.67. The van der Waals surface area contributed by atoms with Crippen molar-refractivity contribution in [3.8, 4) is 0 Å². The van der Waals surface area contributed by atoms with Crippen molar-refractivity contribution in [1.82, 2.24) is 0 Å². The zero-order valence-electron chi connectivity index (χ0n) is 10.5. The Bertz CT molecular complexity index is 369. The van der Waals surface area contributed by atoms with Gasteiger partial charge >= 0.3 is 6.18 Å². The summed E-state index contributed by atoms with van der Waals surface area (Å²) in [5, 5.41) is 13.0. The fourth-order valence-electron chi connectivity index (χ4n) is 1.54. The largest absolute Gasteiger partial charge is 0.416 e. The molecule has 0 aliphatic rings. The summed E-state index contributed by atoms with van der Waals surface area (Å²) in [7, 11) is 0. The second-order valence-corrected chi connectivity index (χ2v) is 4.36. The predicted molar refractivity (Wildman–Crippen MR) is 65.5 cm³/mol. The molecular formula is C13H18F3NO. The fourth-order valence-corrected chi connectivity index (χ4v) is 1.54. The van der Waals surface area contributed by atoms with E-state index in [1.165, 1.54) is 12.1 Å². The van der Waals surface area contributed by atoms with Crippen molar-refractivity contribution in [2.75, 3.05) is 11.9 Å². The lowest BCUT2D eigenvalue weighted by atomic mass is 9.97. The Balaban J connectivity index is 2.65. The molecule has 0 fully saturated rings. The number of anilines is 1. The molecule has 0 aromatic heterocycles. The maximum atomic E-state index is 12.3. The lowest BCUT2D eigenvalue weighted by molar-refractivity contribution is -0.137. The number of hydrogen-bond acceptors (Lipinski definition) is 2. The number of nitrogens with one attached hydrogen (secondary N) is 1. The third-order valence-corrected chi connectivity index (χ3v) is 3.15. The van der Waals surface area contributed by atoms with Crippen LogP contribution in [0.3, 0.4) is 0 Å². The maximum Gasteiger partial charge on any atom is 0.416 e. The molecule has 0 aliphatic heterocycles. The topological polar surface area (TPSA) is 32.3 Å². The molecule has 2 N–H and O–H groups in total. The van der Waals surface area contributed by atoms with Crippen LogP contribution >= 0.6 is 0 Å². The van der Waals surface area contributed by atoms with Crippen LogP contribution in [0.25, 0.3) is 0 Å². The molecule has 1 aromatic carbocycles. The van der Waals surface area contributed by atoms with Gasteiger partial charge in [-0.2, -0.15) is 13.2 Å². The fraction of sp³-hybridized carbons (Fsp3) is 0.538. The van der Waals surface area contributed by atoms with Gasteiger partial charge < -0.3 is 10.4 Å². The highest BCUT2D eigenvalue weighted by atomic mass is 19.4. The minimum absolute atomic E-state index is 0.325. The Morgan fingerprint density at radius 1 is 1.06 bits per heavy atom. The van der Waals surface area contributed by atoms with Crippen LogP contribution in [-0.4, -0.2) is 17.3 Å². The summed E-state index contributed by atoms with van der Waals surface area (Å²) < 4.78 is 37.0. The third kappa shape index (κ3) is 3.91. The number of benzene rings is 1. The number of rotatable bonds is 5. The monoisotopic (exact) mass is 261 g/mol. The first-order valence-corrected chi connectivity index (χ1v) is 5.94. The quantitative estimate of drug-likeness (QED) is 0.847. The first-order valence-electron chi connectivity index (χ1n) is 5.94. The number of hydrogen-bond donors (Lipinski definition) is 2. The number of halogens is 3. The number of aliphatic hydroxyl groups is 1. The van der Waals surface area contributed by atoms with E-state index in [1.807, 2.05) is 13.8 Å². The van der Waals surface area contributed by atoms with Crippen molar-refractivity contribution in [2.45, 2.75) is 38.5 Å². The molecular weight excluding hydrogens is 243 g/mol. The van der Waals surface area contributed by atoms with E-state index in [-0.39, 0.29) is 0 Å². The van der Waals surface area contributed by atoms with Gasteiger partial charge in [0.2, 0.25) is 0 Å². The normalized spacial score (nSPS) is 12.6. The van der Waals surface area contributed by atoms with E-state index in [0.717, 1.165) is 12.1 Å². The molecule has 0 unspecified atom stereocenters. The first-order chi connectivity index (χ1) is 8.30. The van der Waals surface area contributed by atoms with Gasteiger partial charge in [0, 0.05) is 12.2 Å². The second-order valence-electron chi connectivity index (χ2n) is 4.36. The van der Waals surface area contributed by atoms with Gasteiger partial charge in [0.05, 0.1) is 11.2 Å². The van der Waals surface area contributed by atoms with Gasteiger partial charge in [-0.25, -0.2) is 0 Å². The van der Waals surface area contributed by atoms with Crippen molar-refractivity contribution in [3.63, 3.8) is 0 Å². The molecule has 0 aliphatic carbocycles. The van der Waals surface area contributed by atoms with Crippen molar-refractivity contribution in [1.29, 1.82) is 0 Å². The van der Waals surface area contributed by atoms with E-state index >= 15 is 0 Å². The summed E-state index contributed by atoms with van der Waals surface area (Å²) in [5.41, 5.74) is -0.916. The van der Waals surface area contributed by atoms with Crippen LogP contribution in [0, 0.1) is 0 Å². The standard InChI is InChI=1S/C13H18F3NO/c1-3-12(18,4-2)9-17-11-7-5-10(6-8-11)13(14,15)16/h5-8,17-18H,3-4,9H2,1-2H3. The van der Waals surface area contributed by atoms with Gasteiger partial charge in [0.25, 0.3) is 0 Å². The molecule has 0 bridgehead atoms. The zero-order chi connectivity index (χ0) is 13.8. The number of alkyl halides is 3. The van der Waals surface area contributed by atoms with Crippen molar-refractivity contribution >= 4 is 5.69 Å². The Hall–Kier alpha value is -1.23. The van der Waals surface area contributed by atoms with Crippen LogP contribution in [0.5, 0.6) is 0 Å². The van der Waals surface area contributed by atoms with Gasteiger partial charge in [-0.15, -0.1) is 0 Å². The van der Waals surface area contributed by atoms with Crippen LogP contribution in [0.2, 0.25) is 0 Å². The minimum atomic E-state index is -4.31. The van der Waals surface area contributed by atoms with Crippen LogP contribution in [0.1, 0.15) is 32.3 Å². The third-order valence-electron chi connectivity index (χ3n) is 3.15. The molecule has 0 radical (unpaired) electrons. The average molecular weight is 261 g/mol. The summed E-state index contributed by atoms with van der Waals surface area (Å²) in [6.45, 7) is 4.07. The van der Waals surface area contributed by atoms with Gasteiger partial charge in [0.1, 0.15) is 0 Å². The van der Waals surface area contributed by atoms with Crippen LogP contribution in [0.4, 0.5) is 18.9 Å². The summed E-state index contributed by atoms with van der Waals surface area (Å²) in [4.78, 5) is 0. The van der Waals surface area contributed by atoms with Crippen LogP contribution in [-0.2, 0) is 6.18 Å². The molecule has 1 rings (SSSR count). The summed E-state index contributed by atoms with van der Waals surface area (Å²) in [5.74, 6) is 0. The van der Waals surface area contributed by atoms with Gasteiger partial charge in [0.15, 0.2) is 0 Å². The van der Waals surface area contributed by atoms with Crippen LogP contribution in [0.15, 0.2) is 24.3 Å². The lowest BCUT2D eigenvalue weighted by Gasteiger charge is -2.26. The Kier molecular flexibility index (Phi) is 4.62. The van der Waals surface area contributed by atoms with Crippen molar-refractivity contribution in [2.24, 2.45) is 0 Å². The zero-order valence-corrected chi connectivity index (χ0v) is 10.5. The van der Waals surface area contributed by atoms with E-state index in [9.17, 15) is 18.3 Å². The average Bonchev–Trinajstić information content (AvgIpc) is 2.35. The van der Waals surface area contributed by atoms with E-state index in [1.54, 1.807) is 0 Å². The minimum Gasteiger partial charge on any atom is -0.388 e. The molecule has 5 heteroatoms. The Labute approximate surface area is 105 Å². The summed E-state index contributed by atoms with van der Waals surface area (Å²) >= 11 is 0. The Morgan fingerprint density at radius 3 is 1.94 bits per heavy atom. The van der Waals surface area contributed by atoms with E-state index in [4.69, 9.17) is 0 Å². The Morgan fingerprint density at radius 2 is 1.56 bits per heavy atom. The first kappa shape index (κ1) is 14.8. The molecule has 2 nitrogen and oxygen atoms in total. The van der Waals surface area contributed by atoms with E-state index < -0.39 is 17.3 Å². The summed E-state index contributed by atoms with van der Waals surface area (Å²) in [6.07, 6.45) is -3.12. The molecule has 18 heavy (non-hydrogen) atoms. The maximum absolute atomic E-state index is 12.3. The SMILES string of the molecule is CCC(O)(CC)CNc1ccc(C(F)(F)F)cc1. The van der Waals surface area contributed by atoms with Crippen LogP contribution < -0.4 is 5.32 Å². The highest BCUT2D eigenvalue weighted by molar-refractivity contribution is 5.45. The molecule has 0 heterocycles. The summed E-state index contributed by atoms with van der Waals surface area (Å²) in [6, 6.07) is 4.79. The highest BCUT2D eigenvalue weighted by Gasteiger charge is 2.30. The molecule has 1 aromatic rings. The highest BCUT2D eigenvalue weighted by Crippen LogP contribution is 2.30. The second kappa shape index (κ2) is 5.61. The van der Waals surface area contributed by atoms with Crippen molar-refractivity contribution < 1.29 is 18.3 Å².